The number of hydrogen-bond donors (Lipinski definition) is 1. The Kier molecular flexibility index (Phi) is 5.36. The van der Waals surface area contributed by atoms with Gasteiger partial charge in [-0.2, -0.15) is 0 Å². The predicted octanol–water partition coefficient (Wildman–Crippen LogP) is 3.45. The van der Waals surface area contributed by atoms with Crippen molar-refractivity contribution < 1.29 is 14.2 Å². The Morgan fingerprint density at radius 1 is 1.19 bits per heavy atom. The first-order valence-corrected chi connectivity index (χ1v) is 6.77. The van der Waals surface area contributed by atoms with Gasteiger partial charge in [0.15, 0.2) is 11.6 Å². The minimum Gasteiger partial charge on any atom is -0.486 e. The molecule has 0 bridgehead atoms. The molecular weight excluding hydrogens is 267 g/mol. The fourth-order valence-electron chi connectivity index (χ4n) is 1.86. The average molecular weight is 284 g/mol. The molecule has 2 nitrogen and oxygen atoms in total. The van der Waals surface area contributed by atoms with Crippen molar-refractivity contribution in [2.24, 2.45) is 0 Å². The van der Waals surface area contributed by atoms with Crippen LogP contribution in [0.5, 0.6) is 5.75 Å². The topological polar surface area (TPSA) is 29.5 Å². The molecule has 0 aliphatic heterocycles. The van der Waals surface area contributed by atoms with Gasteiger partial charge in [0.2, 0.25) is 0 Å². The zero-order valence-electron chi connectivity index (χ0n) is 11.9. The molecule has 0 unspecified atom stereocenters. The van der Waals surface area contributed by atoms with Gasteiger partial charge in [-0.1, -0.05) is 36.1 Å². The Labute approximate surface area is 124 Å². The molecular formula is C18H17FO2. The van der Waals surface area contributed by atoms with Crippen LogP contribution in [0.4, 0.5) is 4.39 Å². The standard InChI is InChI=1S/C18H17FO2/c1-14-9-10-17(19)18(12-14)21-13-16-8-3-2-6-15(16)7-4-5-11-20/h2-3,6,8-10,12,20H,5,11,13H2,1H3. The molecule has 0 radical (unpaired) electrons. The van der Waals surface area contributed by atoms with Crippen molar-refractivity contribution in [1.29, 1.82) is 0 Å². The number of halogens is 1. The fourth-order valence-corrected chi connectivity index (χ4v) is 1.86. The van der Waals surface area contributed by atoms with Gasteiger partial charge in [0, 0.05) is 17.5 Å². The summed E-state index contributed by atoms with van der Waals surface area (Å²) in [4.78, 5) is 0. The molecule has 21 heavy (non-hydrogen) atoms. The van der Waals surface area contributed by atoms with E-state index in [0.29, 0.717) is 6.42 Å². The molecule has 3 heteroatoms. The molecule has 0 atom stereocenters. The first-order chi connectivity index (χ1) is 10.2. The molecule has 2 aromatic rings. The van der Waals surface area contributed by atoms with Gasteiger partial charge in [-0.15, -0.1) is 0 Å². The maximum atomic E-state index is 13.6. The summed E-state index contributed by atoms with van der Waals surface area (Å²) in [5, 5.41) is 8.75. The number of aliphatic hydroxyl groups is 1. The Morgan fingerprint density at radius 3 is 2.81 bits per heavy atom. The van der Waals surface area contributed by atoms with Gasteiger partial charge in [-0.05, 0) is 30.7 Å². The Balaban J connectivity index is 2.13. The van der Waals surface area contributed by atoms with Crippen LogP contribution in [0, 0.1) is 24.6 Å². The first kappa shape index (κ1) is 15.1. The molecule has 1 N–H and O–H groups in total. The molecule has 0 heterocycles. The van der Waals surface area contributed by atoms with Crippen molar-refractivity contribution in [3.8, 4) is 17.6 Å². The zero-order valence-corrected chi connectivity index (χ0v) is 11.9. The molecule has 0 amide bonds. The van der Waals surface area contributed by atoms with Gasteiger partial charge in [-0.3, -0.25) is 0 Å². The molecule has 0 fully saturated rings. The minimum atomic E-state index is -0.371. The quantitative estimate of drug-likeness (QED) is 0.871. The van der Waals surface area contributed by atoms with Gasteiger partial charge in [0.05, 0.1) is 6.61 Å². The minimum absolute atomic E-state index is 0.0418. The van der Waals surface area contributed by atoms with Crippen LogP contribution in [-0.4, -0.2) is 11.7 Å². The second-order valence-electron chi connectivity index (χ2n) is 4.66. The third-order valence-electron chi connectivity index (χ3n) is 2.95. The summed E-state index contributed by atoms with van der Waals surface area (Å²) in [6.07, 6.45) is 0.432. The number of aliphatic hydroxyl groups excluding tert-OH is 1. The van der Waals surface area contributed by atoms with Crippen LogP contribution in [0.25, 0.3) is 0 Å². The van der Waals surface area contributed by atoms with Crippen molar-refractivity contribution in [2.75, 3.05) is 6.61 Å². The molecule has 0 aliphatic carbocycles. The third kappa shape index (κ3) is 4.34. The molecule has 0 aromatic heterocycles. The summed E-state index contributed by atoms with van der Waals surface area (Å²) in [6.45, 7) is 2.19. The number of benzene rings is 2. The second-order valence-corrected chi connectivity index (χ2v) is 4.66. The lowest BCUT2D eigenvalue weighted by molar-refractivity contribution is 0.290. The largest absolute Gasteiger partial charge is 0.486 e. The van der Waals surface area contributed by atoms with Gasteiger partial charge < -0.3 is 9.84 Å². The van der Waals surface area contributed by atoms with E-state index in [1.54, 1.807) is 12.1 Å². The average Bonchev–Trinajstić information content (AvgIpc) is 2.49. The van der Waals surface area contributed by atoms with E-state index in [2.05, 4.69) is 11.8 Å². The Morgan fingerprint density at radius 2 is 2.00 bits per heavy atom. The van der Waals surface area contributed by atoms with Crippen molar-refractivity contribution >= 4 is 0 Å². The summed E-state index contributed by atoms with van der Waals surface area (Å²) in [6, 6.07) is 12.3. The highest BCUT2D eigenvalue weighted by Gasteiger charge is 2.05. The van der Waals surface area contributed by atoms with Crippen LogP contribution in [0.3, 0.4) is 0 Å². The molecule has 0 saturated carbocycles. The van der Waals surface area contributed by atoms with Crippen molar-refractivity contribution in [3.05, 3.63) is 65.0 Å². The molecule has 0 aliphatic rings. The van der Waals surface area contributed by atoms with Crippen molar-refractivity contribution in [3.63, 3.8) is 0 Å². The molecule has 0 saturated heterocycles. The van der Waals surface area contributed by atoms with E-state index in [9.17, 15) is 4.39 Å². The second kappa shape index (κ2) is 7.47. The highest BCUT2D eigenvalue weighted by molar-refractivity contribution is 5.41. The van der Waals surface area contributed by atoms with Crippen LogP contribution in [0.1, 0.15) is 23.1 Å². The lowest BCUT2D eigenvalue weighted by atomic mass is 10.1. The molecule has 108 valence electrons. The normalized spacial score (nSPS) is 9.86. The Bertz CT molecular complexity index is 668. The number of hydrogen-bond acceptors (Lipinski definition) is 2. The van der Waals surface area contributed by atoms with E-state index < -0.39 is 0 Å². The summed E-state index contributed by atoms with van der Waals surface area (Å²) >= 11 is 0. The zero-order chi connectivity index (χ0) is 15.1. The first-order valence-electron chi connectivity index (χ1n) is 6.77. The van der Waals surface area contributed by atoms with E-state index in [-0.39, 0.29) is 24.8 Å². The summed E-state index contributed by atoms with van der Waals surface area (Å²) < 4.78 is 19.2. The van der Waals surface area contributed by atoms with Gasteiger partial charge in [-0.25, -0.2) is 4.39 Å². The molecule has 2 aromatic carbocycles. The SMILES string of the molecule is Cc1ccc(F)c(OCc2ccccc2C#CCCO)c1. The number of aryl methyl sites for hydroxylation is 1. The van der Waals surface area contributed by atoms with Crippen LogP contribution >= 0.6 is 0 Å². The van der Waals surface area contributed by atoms with Gasteiger partial charge in [0.25, 0.3) is 0 Å². The van der Waals surface area contributed by atoms with Crippen LogP contribution in [0.2, 0.25) is 0 Å². The fraction of sp³-hybridized carbons (Fsp3) is 0.222. The predicted molar refractivity (Wildman–Crippen MR) is 80.5 cm³/mol. The van der Waals surface area contributed by atoms with Crippen molar-refractivity contribution in [1.82, 2.24) is 0 Å². The van der Waals surface area contributed by atoms with E-state index in [1.807, 2.05) is 31.2 Å². The maximum absolute atomic E-state index is 13.6. The number of rotatable bonds is 4. The van der Waals surface area contributed by atoms with Gasteiger partial charge >= 0.3 is 0 Å². The highest BCUT2D eigenvalue weighted by Crippen LogP contribution is 2.20. The summed E-state index contributed by atoms with van der Waals surface area (Å²) in [5.74, 6) is 5.75. The van der Waals surface area contributed by atoms with E-state index in [4.69, 9.17) is 9.84 Å². The molecule has 0 spiro atoms. The lowest BCUT2D eigenvalue weighted by Crippen LogP contribution is -2.00. The van der Waals surface area contributed by atoms with Gasteiger partial charge in [0.1, 0.15) is 6.61 Å². The molecule has 2 rings (SSSR count). The summed E-state index contributed by atoms with van der Waals surface area (Å²) in [7, 11) is 0. The van der Waals surface area contributed by atoms with Crippen molar-refractivity contribution in [2.45, 2.75) is 20.0 Å². The van der Waals surface area contributed by atoms with E-state index in [0.717, 1.165) is 16.7 Å². The monoisotopic (exact) mass is 284 g/mol. The maximum Gasteiger partial charge on any atom is 0.165 e. The lowest BCUT2D eigenvalue weighted by Gasteiger charge is -2.09. The smallest absolute Gasteiger partial charge is 0.165 e. The third-order valence-corrected chi connectivity index (χ3v) is 2.95. The van der Waals surface area contributed by atoms with E-state index in [1.165, 1.54) is 6.07 Å². The van der Waals surface area contributed by atoms with Crippen LogP contribution in [0.15, 0.2) is 42.5 Å². The Hall–Kier alpha value is -2.31. The van der Waals surface area contributed by atoms with E-state index >= 15 is 0 Å². The van der Waals surface area contributed by atoms with Crippen LogP contribution in [-0.2, 0) is 6.61 Å². The number of ether oxygens (including phenoxy) is 1. The van der Waals surface area contributed by atoms with Crippen LogP contribution < -0.4 is 4.74 Å². The highest BCUT2D eigenvalue weighted by atomic mass is 19.1. The summed E-state index contributed by atoms with van der Waals surface area (Å²) in [5.41, 5.74) is 2.67.